The van der Waals surface area contributed by atoms with Gasteiger partial charge in [0.25, 0.3) is 0 Å². The summed E-state index contributed by atoms with van der Waals surface area (Å²) in [7, 11) is 1.29. The first kappa shape index (κ1) is 15.8. The van der Waals surface area contributed by atoms with Gasteiger partial charge in [0.15, 0.2) is 0 Å². The maximum atomic E-state index is 11.6. The van der Waals surface area contributed by atoms with Crippen molar-refractivity contribution in [2.24, 2.45) is 0 Å². The van der Waals surface area contributed by atoms with E-state index in [9.17, 15) is 9.59 Å². The number of benzene rings is 1. The van der Waals surface area contributed by atoms with Crippen molar-refractivity contribution in [2.75, 3.05) is 24.4 Å². The van der Waals surface area contributed by atoms with Gasteiger partial charge in [0, 0.05) is 11.4 Å². The van der Waals surface area contributed by atoms with Crippen molar-refractivity contribution in [1.82, 2.24) is 0 Å². The SMILES string of the molecule is CCCCOC(=O)Nc1cc(NC(=O)OC)ccc1C. The van der Waals surface area contributed by atoms with E-state index < -0.39 is 12.2 Å². The second-order valence-electron chi connectivity index (χ2n) is 4.26. The van der Waals surface area contributed by atoms with Crippen LogP contribution in [0.4, 0.5) is 21.0 Å². The Morgan fingerprint density at radius 3 is 2.60 bits per heavy atom. The fourth-order valence-corrected chi connectivity index (χ4v) is 1.46. The first-order chi connectivity index (χ1) is 9.56. The van der Waals surface area contributed by atoms with Crippen LogP contribution in [0.3, 0.4) is 0 Å². The summed E-state index contributed by atoms with van der Waals surface area (Å²) in [5.41, 5.74) is 1.99. The van der Waals surface area contributed by atoms with Gasteiger partial charge < -0.3 is 9.47 Å². The summed E-state index contributed by atoms with van der Waals surface area (Å²) in [4.78, 5) is 22.7. The third-order valence-electron chi connectivity index (χ3n) is 2.64. The molecule has 0 saturated heterocycles. The molecule has 0 aromatic heterocycles. The van der Waals surface area contributed by atoms with Crippen molar-refractivity contribution in [1.29, 1.82) is 0 Å². The zero-order valence-electron chi connectivity index (χ0n) is 12.0. The number of hydrogen-bond acceptors (Lipinski definition) is 4. The molecule has 0 aliphatic carbocycles. The van der Waals surface area contributed by atoms with Crippen LogP contribution in [0.5, 0.6) is 0 Å². The van der Waals surface area contributed by atoms with E-state index in [0.29, 0.717) is 18.0 Å². The average Bonchev–Trinajstić information content (AvgIpc) is 2.42. The van der Waals surface area contributed by atoms with Crippen molar-refractivity contribution in [3.63, 3.8) is 0 Å². The summed E-state index contributed by atoms with van der Waals surface area (Å²) in [5, 5.41) is 5.18. The summed E-state index contributed by atoms with van der Waals surface area (Å²) in [6, 6.07) is 5.15. The highest BCUT2D eigenvalue weighted by molar-refractivity contribution is 5.89. The second kappa shape index (κ2) is 8.04. The van der Waals surface area contributed by atoms with Crippen molar-refractivity contribution < 1.29 is 19.1 Å². The topological polar surface area (TPSA) is 76.7 Å². The van der Waals surface area contributed by atoms with Gasteiger partial charge in [-0.1, -0.05) is 19.4 Å². The standard InChI is InChI=1S/C14H20N2O4/c1-4-5-8-20-14(18)16-12-9-11(7-6-10(12)2)15-13(17)19-3/h6-7,9H,4-5,8H2,1-3H3,(H,15,17)(H,16,18). The van der Waals surface area contributed by atoms with Crippen LogP contribution in [-0.2, 0) is 9.47 Å². The number of aryl methyl sites for hydroxylation is 1. The van der Waals surface area contributed by atoms with Gasteiger partial charge in [-0.25, -0.2) is 9.59 Å². The van der Waals surface area contributed by atoms with Gasteiger partial charge in [-0.15, -0.1) is 0 Å². The normalized spacial score (nSPS) is 9.75. The molecule has 0 saturated carbocycles. The summed E-state index contributed by atoms with van der Waals surface area (Å²) in [6.45, 7) is 4.26. The summed E-state index contributed by atoms with van der Waals surface area (Å²) < 4.78 is 9.53. The second-order valence-corrected chi connectivity index (χ2v) is 4.26. The molecule has 0 fully saturated rings. The molecule has 0 spiro atoms. The van der Waals surface area contributed by atoms with Crippen molar-refractivity contribution in [3.8, 4) is 0 Å². The van der Waals surface area contributed by atoms with E-state index in [4.69, 9.17) is 4.74 Å². The lowest BCUT2D eigenvalue weighted by atomic mass is 10.2. The van der Waals surface area contributed by atoms with E-state index in [-0.39, 0.29) is 0 Å². The number of hydrogen-bond donors (Lipinski definition) is 2. The van der Waals surface area contributed by atoms with Crippen LogP contribution in [0.1, 0.15) is 25.3 Å². The van der Waals surface area contributed by atoms with E-state index in [1.807, 2.05) is 13.8 Å². The van der Waals surface area contributed by atoms with Gasteiger partial charge >= 0.3 is 12.2 Å². The quantitative estimate of drug-likeness (QED) is 0.809. The molecule has 0 atom stereocenters. The lowest BCUT2D eigenvalue weighted by Gasteiger charge is -2.11. The van der Waals surface area contributed by atoms with E-state index >= 15 is 0 Å². The first-order valence-electron chi connectivity index (χ1n) is 6.46. The van der Waals surface area contributed by atoms with E-state index in [0.717, 1.165) is 18.4 Å². The molecular weight excluding hydrogens is 260 g/mol. The lowest BCUT2D eigenvalue weighted by molar-refractivity contribution is 0.160. The van der Waals surface area contributed by atoms with E-state index in [1.165, 1.54) is 7.11 Å². The third kappa shape index (κ3) is 5.17. The van der Waals surface area contributed by atoms with Crippen molar-refractivity contribution >= 4 is 23.6 Å². The number of anilines is 2. The van der Waals surface area contributed by atoms with Crippen molar-refractivity contribution in [3.05, 3.63) is 23.8 Å². The maximum absolute atomic E-state index is 11.6. The molecule has 0 unspecified atom stereocenters. The molecule has 2 amide bonds. The Morgan fingerprint density at radius 2 is 1.95 bits per heavy atom. The Kier molecular flexibility index (Phi) is 6.36. The van der Waals surface area contributed by atoms with Gasteiger partial charge in [0.05, 0.1) is 13.7 Å². The highest BCUT2D eigenvalue weighted by Gasteiger charge is 2.08. The van der Waals surface area contributed by atoms with Crippen LogP contribution in [0.25, 0.3) is 0 Å². The minimum absolute atomic E-state index is 0.390. The zero-order valence-corrected chi connectivity index (χ0v) is 12.0. The number of amides is 2. The molecule has 0 heterocycles. The number of rotatable bonds is 5. The summed E-state index contributed by atoms with van der Waals surface area (Å²) in [5.74, 6) is 0. The highest BCUT2D eigenvalue weighted by Crippen LogP contribution is 2.20. The minimum Gasteiger partial charge on any atom is -0.453 e. The Hall–Kier alpha value is -2.24. The van der Waals surface area contributed by atoms with Gasteiger partial charge in [0.1, 0.15) is 0 Å². The predicted octanol–water partition coefficient (Wildman–Crippen LogP) is 3.52. The fourth-order valence-electron chi connectivity index (χ4n) is 1.46. The maximum Gasteiger partial charge on any atom is 0.411 e. The molecule has 6 nitrogen and oxygen atoms in total. The molecule has 1 rings (SSSR count). The molecule has 2 N–H and O–H groups in total. The summed E-state index contributed by atoms with van der Waals surface area (Å²) in [6.07, 6.45) is 0.725. The largest absolute Gasteiger partial charge is 0.453 e. The average molecular weight is 280 g/mol. The number of ether oxygens (including phenoxy) is 2. The van der Waals surface area contributed by atoms with Crippen LogP contribution >= 0.6 is 0 Å². The number of unbranched alkanes of at least 4 members (excludes halogenated alkanes) is 1. The summed E-state index contributed by atoms with van der Waals surface area (Å²) >= 11 is 0. The number of nitrogens with one attached hydrogen (secondary N) is 2. The number of methoxy groups -OCH3 is 1. The van der Waals surface area contributed by atoms with Gasteiger partial charge in [-0.2, -0.15) is 0 Å². The molecular formula is C14H20N2O4. The smallest absolute Gasteiger partial charge is 0.411 e. The third-order valence-corrected chi connectivity index (χ3v) is 2.64. The first-order valence-corrected chi connectivity index (χ1v) is 6.46. The number of carbonyl (C=O) groups excluding carboxylic acids is 2. The molecule has 20 heavy (non-hydrogen) atoms. The fraction of sp³-hybridized carbons (Fsp3) is 0.429. The Morgan fingerprint density at radius 1 is 1.20 bits per heavy atom. The molecule has 1 aromatic carbocycles. The molecule has 0 bridgehead atoms. The lowest BCUT2D eigenvalue weighted by Crippen LogP contribution is -2.16. The van der Waals surface area contributed by atoms with Crippen LogP contribution in [-0.4, -0.2) is 25.9 Å². The van der Waals surface area contributed by atoms with E-state index in [1.54, 1.807) is 18.2 Å². The highest BCUT2D eigenvalue weighted by atomic mass is 16.5. The Labute approximate surface area is 118 Å². The molecule has 0 aliphatic rings. The predicted molar refractivity (Wildman–Crippen MR) is 77.1 cm³/mol. The number of carbonyl (C=O) groups is 2. The van der Waals surface area contributed by atoms with Crippen molar-refractivity contribution in [2.45, 2.75) is 26.7 Å². The molecule has 1 aromatic rings. The van der Waals surface area contributed by atoms with Gasteiger partial charge in [0.2, 0.25) is 0 Å². The molecule has 110 valence electrons. The molecule has 6 heteroatoms. The zero-order chi connectivity index (χ0) is 15.0. The minimum atomic E-state index is -0.565. The van der Waals surface area contributed by atoms with E-state index in [2.05, 4.69) is 15.4 Å². The molecule has 0 aliphatic heterocycles. The van der Waals surface area contributed by atoms with Crippen LogP contribution < -0.4 is 10.6 Å². The van der Waals surface area contributed by atoms with Gasteiger partial charge in [-0.05, 0) is 31.0 Å². The monoisotopic (exact) mass is 280 g/mol. The molecule has 0 radical (unpaired) electrons. The van der Waals surface area contributed by atoms with Crippen LogP contribution in [0.15, 0.2) is 18.2 Å². The Bertz CT molecular complexity index is 474. The Balaban J connectivity index is 2.66. The van der Waals surface area contributed by atoms with Crippen LogP contribution in [0.2, 0.25) is 0 Å². The van der Waals surface area contributed by atoms with Gasteiger partial charge in [-0.3, -0.25) is 10.6 Å². The van der Waals surface area contributed by atoms with Crippen LogP contribution in [0, 0.1) is 6.92 Å².